The summed E-state index contributed by atoms with van der Waals surface area (Å²) in [5.74, 6) is -0.892. The van der Waals surface area contributed by atoms with Gasteiger partial charge in [-0.1, -0.05) is 6.08 Å². The number of nitrogens with zero attached hydrogens (tertiary/aromatic N) is 2. The van der Waals surface area contributed by atoms with Crippen molar-refractivity contribution < 1.29 is 9.90 Å². The second-order valence-corrected chi connectivity index (χ2v) is 3.04. The number of carbonyl (C=O) groups is 1. The monoisotopic (exact) mass is 207 g/mol. The minimum Gasteiger partial charge on any atom is -0.478 e. The van der Waals surface area contributed by atoms with Crippen molar-refractivity contribution in [2.45, 2.75) is 13.5 Å². The molecule has 15 heavy (non-hydrogen) atoms. The van der Waals surface area contributed by atoms with E-state index in [1.54, 1.807) is 19.2 Å². The van der Waals surface area contributed by atoms with E-state index in [4.69, 9.17) is 5.11 Å². The molecule has 0 bridgehead atoms. The minimum atomic E-state index is -0.892. The summed E-state index contributed by atoms with van der Waals surface area (Å²) in [6.07, 6.45) is 3.23. The molecule has 2 N–H and O–H groups in total. The summed E-state index contributed by atoms with van der Waals surface area (Å²) < 4.78 is 0. The standard InChI is InChI=1S/C10H13N3O2/c1-8(10(14)15)4-6-11-7-9-3-2-5-12-13-9/h2-5,11H,6-7H2,1H3,(H,14,15)/b8-4-. The van der Waals surface area contributed by atoms with Crippen molar-refractivity contribution in [1.82, 2.24) is 15.5 Å². The van der Waals surface area contributed by atoms with Crippen LogP contribution in [0.15, 0.2) is 30.0 Å². The summed E-state index contributed by atoms with van der Waals surface area (Å²) in [5.41, 5.74) is 1.17. The van der Waals surface area contributed by atoms with Crippen molar-refractivity contribution in [3.8, 4) is 0 Å². The SMILES string of the molecule is C/C(=C/CNCc1cccnn1)C(=O)O. The largest absolute Gasteiger partial charge is 0.478 e. The van der Waals surface area contributed by atoms with E-state index >= 15 is 0 Å². The van der Waals surface area contributed by atoms with Crippen molar-refractivity contribution in [2.24, 2.45) is 0 Å². The van der Waals surface area contributed by atoms with Gasteiger partial charge in [0.1, 0.15) is 0 Å². The van der Waals surface area contributed by atoms with Gasteiger partial charge in [-0.3, -0.25) is 0 Å². The molecule has 1 rings (SSSR count). The lowest BCUT2D eigenvalue weighted by molar-refractivity contribution is -0.132. The first-order valence-corrected chi connectivity index (χ1v) is 4.57. The molecular formula is C10H13N3O2. The molecule has 0 aromatic carbocycles. The highest BCUT2D eigenvalue weighted by atomic mass is 16.4. The van der Waals surface area contributed by atoms with Gasteiger partial charge in [-0.2, -0.15) is 10.2 Å². The van der Waals surface area contributed by atoms with Crippen LogP contribution >= 0.6 is 0 Å². The maximum Gasteiger partial charge on any atom is 0.330 e. The number of rotatable bonds is 5. The molecule has 0 amide bonds. The second-order valence-electron chi connectivity index (χ2n) is 3.04. The lowest BCUT2D eigenvalue weighted by Gasteiger charge is -2.00. The van der Waals surface area contributed by atoms with Crippen LogP contribution in [-0.2, 0) is 11.3 Å². The zero-order valence-electron chi connectivity index (χ0n) is 8.47. The van der Waals surface area contributed by atoms with E-state index in [9.17, 15) is 4.79 Å². The van der Waals surface area contributed by atoms with E-state index in [-0.39, 0.29) is 0 Å². The Morgan fingerprint density at radius 3 is 3.07 bits per heavy atom. The minimum absolute atomic E-state index is 0.335. The van der Waals surface area contributed by atoms with Gasteiger partial charge < -0.3 is 10.4 Å². The van der Waals surface area contributed by atoms with Gasteiger partial charge in [0.05, 0.1) is 5.69 Å². The number of nitrogens with one attached hydrogen (secondary N) is 1. The van der Waals surface area contributed by atoms with Crippen LogP contribution in [0.4, 0.5) is 0 Å². The molecule has 5 nitrogen and oxygen atoms in total. The highest BCUT2D eigenvalue weighted by molar-refractivity contribution is 5.85. The summed E-state index contributed by atoms with van der Waals surface area (Å²) in [6, 6.07) is 3.66. The highest BCUT2D eigenvalue weighted by Crippen LogP contribution is 1.92. The molecule has 0 saturated heterocycles. The molecule has 0 radical (unpaired) electrons. The maximum absolute atomic E-state index is 10.4. The average Bonchev–Trinajstić information content (AvgIpc) is 2.25. The summed E-state index contributed by atoms with van der Waals surface area (Å²) >= 11 is 0. The van der Waals surface area contributed by atoms with E-state index in [2.05, 4.69) is 15.5 Å². The topological polar surface area (TPSA) is 75.1 Å². The molecule has 1 aromatic rings. The Hall–Kier alpha value is -1.75. The maximum atomic E-state index is 10.4. The van der Waals surface area contributed by atoms with Gasteiger partial charge >= 0.3 is 5.97 Å². The average molecular weight is 207 g/mol. The number of hydrogen-bond acceptors (Lipinski definition) is 4. The van der Waals surface area contributed by atoms with Gasteiger partial charge in [-0.25, -0.2) is 4.79 Å². The molecule has 5 heteroatoms. The predicted octanol–water partition coefficient (Wildman–Crippen LogP) is 0.597. The first-order chi connectivity index (χ1) is 7.20. The number of hydrogen-bond donors (Lipinski definition) is 2. The quantitative estimate of drug-likeness (QED) is 0.546. The molecule has 0 fully saturated rings. The van der Waals surface area contributed by atoms with Crippen molar-refractivity contribution in [2.75, 3.05) is 6.54 Å². The molecule has 0 aliphatic carbocycles. The summed E-state index contributed by atoms with van der Waals surface area (Å²) in [5, 5.41) is 19.2. The van der Waals surface area contributed by atoms with Crippen LogP contribution in [-0.4, -0.2) is 27.8 Å². The Morgan fingerprint density at radius 1 is 1.67 bits per heavy atom. The normalized spacial score (nSPS) is 11.4. The molecule has 0 saturated carbocycles. The Kier molecular flexibility index (Phi) is 4.43. The molecule has 0 aliphatic rings. The summed E-state index contributed by atoms with van der Waals surface area (Å²) in [4.78, 5) is 10.4. The van der Waals surface area contributed by atoms with E-state index < -0.39 is 5.97 Å². The number of aliphatic carboxylic acids is 1. The van der Waals surface area contributed by atoms with E-state index in [0.717, 1.165) is 5.69 Å². The molecule has 0 spiro atoms. The Morgan fingerprint density at radius 2 is 2.47 bits per heavy atom. The highest BCUT2D eigenvalue weighted by Gasteiger charge is 1.97. The van der Waals surface area contributed by atoms with E-state index in [1.807, 2.05) is 12.1 Å². The first-order valence-electron chi connectivity index (χ1n) is 4.57. The molecule has 0 aliphatic heterocycles. The number of carboxylic acids is 1. The predicted molar refractivity (Wildman–Crippen MR) is 55.1 cm³/mol. The van der Waals surface area contributed by atoms with Crippen LogP contribution in [0.5, 0.6) is 0 Å². The van der Waals surface area contributed by atoms with Gasteiger partial charge in [-0.05, 0) is 19.1 Å². The Labute approximate surface area is 87.8 Å². The second kappa shape index (κ2) is 5.87. The van der Waals surface area contributed by atoms with E-state index in [0.29, 0.717) is 18.7 Å². The Bertz CT molecular complexity index is 349. The van der Waals surface area contributed by atoms with Crippen molar-refractivity contribution >= 4 is 5.97 Å². The van der Waals surface area contributed by atoms with Crippen LogP contribution in [0.1, 0.15) is 12.6 Å². The third-order valence-corrected chi connectivity index (χ3v) is 1.82. The zero-order valence-corrected chi connectivity index (χ0v) is 8.47. The van der Waals surface area contributed by atoms with Gasteiger partial charge in [-0.15, -0.1) is 0 Å². The number of carboxylic acid groups (broad SMARTS) is 1. The van der Waals surface area contributed by atoms with Crippen LogP contribution in [0.25, 0.3) is 0 Å². The van der Waals surface area contributed by atoms with Gasteiger partial charge in [0.15, 0.2) is 0 Å². The third kappa shape index (κ3) is 4.33. The molecule has 0 atom stereocenters. The zero-order chi connectivity index (χ0) is 11.1. The molecule has 1 heterocycles. The fourth-order valence-corrected chi connectivity index (χ4v) is 0.941. The smallest absolute Gasteiger partial charge is 0.330 e. The van der Waals surface area contributed by atoms with Crippen LogP contribution in [0.3, 0.4) is 0 Å². The van der Waals surface area contributed by atoms with Crippen LogP contribution in [0.2, 0.25) is 0 Å². The van der Waals surface area contributed by atoms with E-state index in [1.165, 1.54) is 0 Å². The third-order valence-electron chi connectivity index (χ3n) is 1.82. The fourth-order valence-electron chi connectivity index (χ4n) is 0.941. The first kappa shape index (κ1) is 11.3. The van der Waals surface area contributed by atoms with Crippen LogP contribution < -0.4 is 5.32 Å². The lowest BCUT2D eigenvalue weighted by Crippen LogP contribution is -2.15. The van der Waals surface area contributed by atoms with Crippen LogP contribution in [0, 0.1) is 0 Å². The molecule has 80 valence electrons. The molecule has 0 unspecified atom stereocenters. The Balaban J connectivity index is 2.29. The van der Waals surface area contributed by atoms with Crippen molar-refractivity contribution in [1.29, 1.82) is 0 Å². The van der Waals surface area contributed by atoms with Gasteiger partial charge in [0, 0.05) is 24.9 Å². The van der Waals surface area contributed by atoms with Gasteiger partial charge in [0.2, 0.25) is 0 Å². The lowest BCUT2D eigenvalue weighted by atomic mass is 10.3. The van der Waals surface area contributed by atoms with Crippen molar-refractivity contribution in [3.63, 3.8) is 0 Å². The summed E-state index contributed by atoms with van der Waals surface area (Å²) in [7, 11) is 0. The summed E-state index contributed by atoms with van der Waals surface area (Å²) in [6.45, 7) is 2.65. The fraction of sp³-hybridized carbons (Fsp3) is 0.300. The molecule has 1 aromatic heterocycles. The van der Waals surface area contributed by atoms with Gasteiger partial charge in [0.25, 0.3) is 0 Å². The molecular weight excluding hydrogens is 194 g/mol. The number of aromatic nitrogens is 2. The van der Waals surface area contributed by atoms with Crippen molar-refractivity contribution in [3.05, 3.63) is 35.7 Å².